The third-order valence-corrected chi connectivity index (χ3v) is 5.55. The number of aryl methyl sites for hydroxylation is 2. The van der Waals surface area contributed by atoms with Gasteiger partial charge in [0.2, 0.25) is 5.82 Å². The van der Waals surface area contributed by atoms with Crippen molar-refractivity contribution < 1.29 is 18.8 Å². The van der Waals surface area contributed by atoms with Crippen LogP contribution >= 0.6 is 11.6 Å². The zero-order valence-electron chi connectivity index (χ0n) is 19.1. The van der Waals surface area contributed by atoms with E-state index in [1.807, 2.05) is 52.1 Å². The van der Waals surface area contributed by atoms with Crippen LogP contribution in [0.15, 0.2) is 47.0 Å². The van der Waals surface area contributed by atoms with Gasteiger partial charge in [-0.15, -0.1) is 0 Å². The summed E-state index contributed by atoms with van der Waals surface area (Å²) in [5, 5.41) is 5.68. The van der Waals surface area contributed by atoms with E-state index in [0.29, 0.717) is 41.9 Å². The van der Waals surface area contributed by atoms with E-state index in [1.165, 1.54) is 0 Å². The van der Waals surface area contributed by atoms with Crippen molar-refractivity contribution in [1.82, 2.24) is 14.7 Å². The molecule has 0 N–H and O–H groups in total. The third kappa shape index (κ3) is 5.03. The Kier molecular flexibility index (Phi) is 6.70. The number of carbonyl (C=O) groups is 1. The highest BCUT2D eigenvalue weighted by Gasteiger charge is 2.15. The van der Waals surface area contributed by atoms with Crippen LogP contribution in [0.2, 0.25) is 5.02 Å². The molecule has 0 unspecified atom stereocenters. The van der Waals surface area contributed by atoms with Gasteiger partial charge >= 0.3 is 5.97 Å². The fraction of sp³-hybridized carbons (Fsp3) is 0.320. The number of hydrogen-bond donors (Lipinski definition) is 0. The van der Waals surface area contributed by atoms with Crippen molar-refractivity contribution in [3.8, 4) is 28.6 Å². The zero-order valence-corrected chi connectivity index (χ0v) is 19.8. The number of nitrogens with zero attached hydrogens (tertiary/aromatic N) is 3. The van der Waals surface area contributed by atoms with Gasteiger partial charge in [0.1, 0.15) is 5.75 Å². The fourth-order valence-corrected chi connectivity index (χ4v) is 3.92. The summed E-state index contributed by atoms with van der Waals surface area (Å²) in [5.74, 6) is 1.30. The lowest BCUT2D eigenvalue weighted by Crippen LogP contribution is -2.06. The Hall–Kier alpha value is -3.32. The van der Waals surface area contributed by atoms with Crippen molar-refractivity contribution in [2.75, 3.05) is 6.61 Å². The molecule has 7 nitrogen and oxygen atoms in total. The number of aromatic nitrogens is 3. The maximum absolute atomic E-state index is 11.7. The molecule has 0 fully saturated rings. The van der Waals surface area contributed by atoms with Gasteiger partial charge in [-0.1, -0.05) is 16.8 Å². The predicted octanol–water partition coefficient (Wildman–Crippen LogP) is 5.83. The molecule has 2 aromatic carbocycles. The second-order valence-electron chi connectivity index (χ2n) is 8.01. The molecular formula is C25H26ClN3O4. The Morgan fingerprint density at radius 2 is 1.94 bits per heavy atom. The summed E-state index contributed by atoms with van der Waals surface area (Å²) >= 11 is 6.35. The van der Waals surface area contributed by atoms with Crippen molar-refractivity contribution in [2.45, 2.75) is 39.7 Å². The van der Waals surface area contributed by atoms with Crippen LogP contribution in [0.25, 0.3) is 33.7 Å². The van der Waals surface area contributed by atoms with Gasteiger partial charge in [-0.2, -0.15) is 4.98 Å². The van der Waals surface area contributed by atoms with Crippen molar-refractivity contribution in [1.29, 1.82) is 0 Å². The minimum absolute atomic E-state index is 0.0296. The highest BCUT2D eigenvalue weighted by Crippen LogP contribution is 2.32. The van der Waals surface area contributed by atoms with Crippen LogP contribution in [0.3, 0.4) is 0 Å². The number of halogens is 1. The molecule has 0 aliphatic heterocycles. The topological polar surface area (TPSA) is 79.4 Å². The highest BCUT2D eigenvalue weighted by molar-refractivity contribution is 6.32. The molecule has 0 aliphatic rings. The molecule has 8 heteroatoms. The maximum atomic E-state index is 11.7. The Morgan fingerprint density at radius 1 is 1.15 bits per heavy atom. The van der Waals surface area contributed by atoms with Gasteiger partial charge in [0.25, 0.3) is 5.89 Å². The lowest BCUT2D eigenvalue weighted by molar-refractivity contribution is -0.143. The van der Waals surface area contributed by atoms with Gasteiger partial charge in [-0.25, -0.2) is 0 Å². The molecule has 0 saturated heterocycles. The SMILES string of the molecule is CCOC(=O)CCc1cc2cc(-c3noc(-c4ccc(OC(C)C)c(Cl)c4)n3)ccc2n1C. The number of ether oxygens (including phenoxy) is 2. The molecule has 4 rings (SSSR count). The van der Waals surface area contributed by atoms with Gasteiger partial charge in [-0.05, 0) is 69.7 Å². The molecule has 0 atom stereocenters. The summed E-state index contributed by atoms with van der Waals surface area (Å²) in [5.41, 5.74) is 3.68. The fourth-order valence-electron chi connectivity index (χ4n) is 3.69. The van der Waals surface area contributed by atoms with Crippen LogP contribution in [-0.4, -0.2) is 33.4 Å². The number of benzene rings is 2. The van der Waals surface area contributed by atoms with Crippen molar-refractivity contribution >= 4 is 28.5 Å². The van der Waals surface area contributed by atoms with Crippen molar-refractivity contribution in [2.24, 2.45) is 7.05 Å². The van der Waals surface area contributed by atoms with Crippen molar-refractivity contribution in [3.63, 3.8) is 0 Å². The second-order valence-corrected chi connectivity index (χ2v) is 8.42. The van der Waals surface area contributed by atoms with E-state index in [9.17, 15) is 4.79 Å². The summed E-state index contributed by atoms with van der Waals surface area (Å²) in [6.07, 6.45) is 0.993. The quantitative estimate of drug-likeness (QED) is 0.303. The minimum Gasteiger partial charge on any atom is -0.489 e. The van der Waals surface area contributed by atoms with Gasteiger partial charge < -0.3 is 18.6 Å². The molecule has 0 spiro atoms. The summed E-state index contributed by atoms with van der Waals surface area (Å²) in [7, 11) is 1.99. The molecule has 0 amide bonds. The monoisotopic (exact) mass is 467 g/mol. The van der Waals surface area contributed by atoms with Gasteiger partial charge in [0, 0.05) is 34.8 Å². The van der Waals surface area contributed by atoms with Crippen LogP contribution in [-0.2, 0) is 23.0 Å². The molecule has 4 aromatic rings. The maximum Gasteiger partial charge on any atom is 0.306 e. The van der Waals surface area contributed by atoms with E-state index < -0.39 is 0 Å². The second kappa shape index (κ2) is 9.67. The summed E-state index contributed by atoms with van der Waals surface area (Å²) < 4.78 is 18.3. The van der Waals surface area contributed by atoms with Crippen molar-refractivity contribution in [3.05, 3.63) is 53.2 Å². The van der Waals surface area contributed by atoms with E-state index in [0.717, 1.165) is 27.7 Å². The summed E-state index contributed by atoms with van der Waals surface area (Å²) in [6.45, 7) is 6.10. The number of esters is 1. The molecule has 2 heterocycles. The van der Waals surface area contributed by atoms with Crippen LogP contribution in [0.1, 0.15) is 32.9 Å². The first-order chi connectivity index (χ1) is 15.9. The molecule has 0 radical (unpaired) electrons. The smallest absolute Gasteiger partial charge is 0.306 e. The molecular weight excluding hydrogens is 442 g/mol. The first-order valence-electron chi connectivity index (χ1n) is 10.9. The van der Waals surface area contributed by atoms with E-state index in [2.05, 4.69) is 20.8 Å². The minimum atomic E-state index is -0.188. The number of rotatable bonds is 8. The number of hydrogen-bond acceptors (Lipinski definition) is 6. The highest BCUT2D eigenvalue weighted by atomic mass is 35.5. The standard InChI is InChI=1S/C25H26ClN3O4/c1-5-31-23(30)11-8-19-13-18-12-16(6-9-21(18)29(19)4)24-27-25(33-28-24)17-7-10-22(20(26)14-17)32-15(2)3/h6-7,9-10,12-15H,5,8,11H2,1-4H3. The Balaban J connectivity index is 1.56. The van der Waals surface area contributed by atoms with Gasteiger partial charge in [-0.3, -0.25) is 4.79 Å². The van der Waals surface area contributed by atoms with Gasteiger partial charge in [0.15, 0.2) is 0 Å². The molecule has 33 heavy (non-hydrogen) atoms. The first-order valence-corrected chi connectivity index (χ1v) is 11.3. The van der Waals surface area contributed by atoms with Crippen LogP contribution < -0.4 is 4.74 Å². The lowest BCUT2D eigenvalue weighted by atomic mass is 10.1. The first kappa shape index (κ1) is 22.9. The molecule has 2 aromatic heterocycles. The zero-order chi connectivity index (χ0) is 23.5. The molecule has 0 bridgehead atoms. The van der Waals surface area contributed by atoms with Crippen LogP contribution in [0.4, 0.5) is 0 Å². The van der Waals surface area contributed by atoms with E-state index in [-0.39, 0.29) is 12.1 Å². The van der Waals surface area contributed by atoms with E-state index in [4.69, 9.17) is 25.6 Å². The lowest BCUT2D eigenvalue weighted by Gasteiger charge is -2.11. The van der Waals surface area contributed by atoms with Crippen LogP contribution in [0.5, 0.6) is 5.75 Å². The largest absolute Gasteiger partial charge is 0.489 e. The summed E-state index contributed by atoms with van der Waals surface area (Å²) in [4.78, 5) is 16.3. The summed E-state index contributed by atoms with van der Waals surface area (Å²) in [6, 6.07) is 13.5. The average molecular weight is 468 g/mol. The third-order valence-electron chi connectivity index (χ3n) is 5.26. The Bertz CT molecular complexity index is 1290. The predicted molar refractivity (Wildman–Crippen MR) is 127 cm³/mol. The van der Waals surface area contributed by atoms with Crippen LogP contribution in [0, 0.1) is 0 Å². The molecule has 0 aliphatic carbocycles. The number of fused-ring (bicyclic) bond motifs is 1. The van der Waals surface area contributed by atoms with E-state index >= 15 is 0 Å². The Morgan fingerprint density at radius 3 is 2.67 bits per heavy atom. The van der Waals surface area contributed by atoms with E-state index in [1.54, 1.807) is 12.1 Å². The Labute approximate surface area is 197 Å². The number of carbonyl (C=O) groups excluding carboxylic acids is 1. The van der Waals surface area contributed by atoms with Gasteiger partial charge in [0.05, 0.1) is 24.2 Å². The average Bonchev–Trinajstić information content (AvgIpc) is 3.39. The normalized spacial score (nSPS) is 11.3. The molecule has 172 valence electrons. The molecule has 0 saturated carbocycles.